The molecule has 1 saturated carbocycles. The molecule has 1 heterocycles. The van der Waals surface area contributed by atoms with Gasteiger partial charge in [0.25, 0.3) is 0 Å². The molecule has 0 aromatic heterocycles. The third-order valence-electron chi connectivity index (χ3n) is 5.70. The quantitative estimate of drug-likeness (QED) is 0.408. The lowest BCUT2D eigenvalue weighted by Gasteiger charge is -2.32. The second-order valence-electron chi connectivity index (χ2n) is 7.31. The summed E-state index contributed by atoms with van der Waals surface area (Å²) >= 11 is 9.60. The average Bonchev–Trinajstić information content (AvgIpc) is 3.27. The van der Waals surface area contributed by atoms with Gasteiger partial charge >= 0.3 is 0 Å². The topological polar surface area (TPSA) is 86.0 Å². The summed E-state index contributed by atoms with van der Waals surface area (Å²) in [5, 5.41) is 21.2. The Morgan fingerprint density at radius 1 is 1.14 bits per heavy atom. The third kappa shape index (κ3) is 2.84. The highest BCUT2D eigenvalue weighted by Crippen LogP contribution is 2.85. The van der Waals surface area contributed by atoms with Gasteiger partial charge in [0, 0.05) is 10.9 Å². The van der Waals surface area contributed by atoms with Crippen LogP contribution in [0.15, 0.2) is 29.3 Å². The fraction of sp³-hybridized carbons (Fsp3) is 0.571. The third-order valence-corrected chi connectivity index (χ3v) is 9.24. The minimum Gasteiger partial charge on any atom is -0.386 e. The molecule has 1 fully saturated rings. The lowest BCUT2D eigenvalue weighted by atomic mass is 9.97. The van der Waals surface area contributed by atoms with E-state index < -0.39 is 15.0 Å². The molecule has 1 aromatic carbocycles. The molecule has 3 rings (SSSR count). The molecule has 0 spiro atoms. The number of rotatable bonds is 9. The zero-order valence-corrected chi connectivity index (χ0v) is 18.6. The van der Waals surface area contributed by atoms with Crippen LogP contribution in [0.2, 0.25) is 5.02 Å². The number of hydrogen-bond acceptors (Lipinski definition) is 6. The van der Waals surface area contributed by atoms with Gasteiger partial charge in [0.2, 0.25) is 0 Å². The molecule has 0 saturated heterocycles. The van der Waals surface area contributed by atoms with E-state index >= 15 is 0 Å². The first-order valence-corrected chi connectivity index (χ1v) is 12.1. The van der Waals surface area contributed by atoms with Crippen LogP contribution in [-0.4, -0.2) is 21.5 Å². The number of nitrogens with two attached hydrogens (primary N) is 1. The van der Waals surface area contributed by atoms with Crippen LogP contribution in [0.25, 0.3) is 0 Å². The summed E-state index contributed by atoms with van der Waals surface area (Å²) < 4.78 is -0.751. The van der Waals surface area contributed by atoms with E-state index in [1.165, 1.54) is 0 Å². The molecule has 28 heavy (non-hydrogen) atoms. The van der Waals surface area contributed by atoms with Gasteiger partial charge in [0.05, 0.1) is 12.1 Å². The Hall–Kier alpha value is -1.34. The Labute approximate surface area is 180 Å². The molecule has 0 amide bonds. The number of fused-ring (bicyclic) bond motifs is 1. The predicted molar refractivity (Wildman–Crippen MR) is 119 cm³/mol. The van der Waals surface area contributed by atoms with Crippen molar-refractivity contribution in [3.8, 4) is 12.1 Å². The highest BCUT2D eigenvalue weighted by Gasteiger charge is 2.91. The van der Waals surface area contributed by atoms with Crippen LogP contribution in [0.3, 0.4) is 0 Å². The van der Waals surface area contributed by atoms with Crippen molar-refractivity contribution >= 4 is 41.0 Å². The van der Waals surface area contributed by atoms with Crippen LogP contribution in [-0.2, 0) is 0 Å². The van der Waals surface area contributed by atoms with Gasteiger partial charge in [-0.3, -0.25) is 0 Å². The largest absolute Gasteiger partial charge is 0.386 e. The Kier molecular flexibility index (Phi) is 6.25. The van der Waals surface area contributed by atoms with Crippen molar-refractivity contribution in [1.82, 2.24) is 0 Å². The Balaban J connectivity index is 2.10. The van der Waals surface area contributed by atoms with Gasteiger partial charge in [-0.1, -0.05) is 50.4 Å². The van der Waals surface area contributed by atoms with Crippen molar-refractivity contribution in [1.29, 1.82) is 10.5 Å². The van der Waals surface area contributed by atoms with Crippen molar-refractivity contribution < 1.29 is 0 Å². The number of nitrogens with zero attached hydrogens (tertiary/aromatic N) is 3. The zero-order valence-electron chi connectivity index (χ0n) is 16.2. The second kappa shape index (κ2) is 8.19. The van der Waals surface area contributed by atoms with Crippen LogP contribution in [0.4, 0.5) is 0 Å². The molecule has 0 radical (unpaired) electrons. The van der Waals surface area contributed by atoms with Crippen molar-refractivity contribution in [3.05, 3.63) is 34.9 Å². The van der Waals surface area contributed by atoms with Gasteiger partial charge in [0.15, 0.2) is 4.20 Å². The van der Waals surface area contributed by atoms with E-state index in [4.69, 9.17) is 22.3 Å². The van der Waals surface area contributed by atoms with Crippen molar-refractivity contribution in [2.45, 2.75) is 49.7 Å². The molecular weight excluding hydrogens is 408 g/mol. The summed E-state index contributed by atoms with van der Waals surface area (Å²) in [6.45, 7) is 4.30. The number of aliphatic imine (C=N–C) groups is 1. The molecule has 2 aliphatic rings. The van der Waals surface area contributed by atoms with Crippen LogP contribution >= 0.6 is 35.1 Å². The number of unbranched alkanes of at least 4 members (excludes halogenated alkanes) is 2. The maximum Gasteiger partial charge on any atom is 0.175 e. The number of thioether (sulfide) groups is 2. The normalized spacial score (nSPS) is 29.5. The first kappa shape index (κ1) is 21.4. The fourth-order valence-electron chi connectivity index (χ4n) is 4.25. The molecule has 1 aliphatic carbocycles. The predicted octanol–water partition coefficient (Wildman–Crippen LogP) is 5.55. The van der Waals surface area contributed by atoms with Gasteiger partial charge < -0.3 is 5.73 Å². The number of hydrogen-bond donors (Lipinski definition) is 1. The number of nitriles is 2. The highest BCUT2D eigenvalue weighted by atomic mass is 35.5. The molecule has 148 valence electrons. The van der Waals surface area contributed by atoms with E-state index in [-0.39, 0.29) is 5.92 Å². The molecule has 1 aromatic rings. The molecule has 3 unspecified atom stereocenters. The minimum absolute atomic E-state index is 0.300. The summed E-state index contributed by atoms with van der Waals surface area (Å²) in [7, 11) is 0. The van der Waals surface area contributed by atoms with E-state index in [9.17, 15) is 10.5 Å². The maximum absolute atomic E-state index is 10.4. The SMILES string of the molecule is CCCCSC1(SCCCC)N=C(N)C2(C#N)C(c3cccc(Cl)c3)C12C#N. The molecule has 2 N–H and O–H groups in total. The number of halogens is 1. The lowest BCUT2D eigenvalue weighted by molar-refractivity contribution is 0.562. The Bertz CT molecular complexity index is 849. The van der Waals surface area contributed by atoms with Crippen molar-refractivity contribution in [2.24, 2.45) is 21.6 Å². The standard InChI is InChI=1S/C21H25ClN4S2/c1-3-5-10-27-21(28-11-6-4-2)20(14-24)17(15-8-7-9-16(22)12-15)19(20,13-23)18(25)26-21/h7-9,12,17H,3-6,10-11H2,1-2H3,(H2,25,26). The zero-order chi connectivity index (χ0) is 20.4. The van der Waals surface area contributed by atoms with Gasteiger partial charge in [-0.2, -0.15) is 10.5 Å². The first-order chi connectivity index (χ1) is 13.5. The van der Waals surface area contributed by atoms with Gasteiger partial charge in [-0.25, -0.2) is 4.99 Å². The maximum atomic E-state index is 10.4. The van der Waals surface area contributed by atoms with E-state index in [1.54, 1.807) is 29.6 Å². The first-order valence-electron chi connectivity index (χ1n) is 9.71. The van der Waals surface area contributed by atoms with Gasteiger partial charge in [-0.05, 0) is 42.0 Å². The van der Waals surface area contributed by atoms with E-state index in [0.29, 0.717) is 10.9 Å². The summed E-state index contributed by atoms with van der Waals surface area (Å²) in [5.74, 6) is 1.77. The van der Waals surface area contributed by atoms with E-state index in [0.717, 1.165) is 42.8 Å². The van der Waals surface area contributed by atoms with Crippen molar-refractivity contribution in [3.63, 3.8) is 0 Å². The minimum atomic E-state index is -1.08. The van der Waals surface area contributed by atoms with E-state index in [2.05, 4.69) is 26.0 Å². The van der Waals surface area contributed by atoms with Crippen LogP contribution in [0, 0.1) is 33.5 Å². The van der Waals surface area contributed by atoms with Crippen LogP contribution < -0.4 is 5.73 Å². The molecule has 7 heteroatoms. The number of benzene rings is 1. The molecule has 0 bridgehead atoms. The molecule has 3 atom stereocenters. The van der Waals surface area contributed by atoms with E-state index in [1.807, 2.05) is 18.2 Å². The van der Waals surface area contributed by atoms with Gasteiger partial charge in [0.1, 0.15) is 16.7 Å². The molecule has 1 aliphatic heterocycles. The summed E-state index contributed by atoms with van der Waals surface area (Å²) in [6, 6.07) is 12.4. The van der Waals surface area contributed by atoms with Gasteiger partial charge in [-0.15, -0.1) is 23.5 Å². The summed E-state index contributed by atoms with van der Waals surface area (Å²) in [5.41, 5.74) is 5.24. The monoisotopic (exact) mass is 432 g/mol. The summed E-state index contributed by atoms with van der Waals surface area (Å²) in [6.07, 6.45) is 4.23. The van der Waals surface area contributed by atoms with Crippen molar-refractivity contribution in [2.75, 3.05) is 11.5 Å². The Morgan fingerprint density at radius 2 is 1.79 bits per heavy atom. The molecule has 4 nitrogen and oxygen atoms in total. The van der Waals surface area contributed by atoms with Crippen LogP contribution in [0.1, 0.15) is 51.0 Å². The lowest BCUT2D eigenvalue weighted by Crippen LogP contribution is -2.32. The molecular formula is C21H25ClN4S2. The highest BCUT2D eigenvalue weighted by molar-refractivity contribution is 8.18. The second-order valence-corrected chi connectivity index (χ2v) is 10.6. The smallest absolute Gasteiger partial charge is 0.175 e. The average molecular weight is 433 g/mol. The summed E-state index contributed by atoms with van der Waals surface area (Å²) in [4.78, 5) is 4.82. The Morgan fingerprint density at radius 3 is 2.29 bits per heavy atom. The fourth-order valence-corrected chi connectivity index (χ4v) is 8.14. The number of amidine groups is 1. The van der Waals surface area contributed by atoms with Crippen LogP contribution in [0.5, 0.6) is 0 Å².